The monoisotopic (exact) mass is 310 g/mol. The summed E-state index contributed by atoms with van der Waals surface area (Å²) in [6.45, 7) is 3.66. The molecule has 120 valence electrons. The van der Waals surface area contributed by atoms with Crippen molar-refractivity contribution in [3.8, 4) is 0 Å². The second-order valence-electron chi connectivity index (χ2n) is 6.79. The first kappa shape index (κ1) is 14.4. The van der Waals surface area contributed by atoms with E-state index in [1.165, 1.54) is 11.1 Å². The Balaban J connectivity index is 1.43. The van der Waals surface area contributed by atoms with Crippen molar-refractivity contribution in [1.82, 2.24) is 19.7 Å². The highest BCUT2D eigenvalue weighted by molar-refractivity contribution is 5.82. The molecule has 1 aromatic heterocycles. The molecule has 0 radical (unpaired) electrons. The van der Waals surface area contributed by atoms with Crippen molar-refractivity contribution in [2.75, 3.05) is 7.05 Å². The summed E-state index contributed by atoms with van der Waals surface area (Å²) >= 11 is 0. The van der Waals surface area contributed by atoms with Gasteiger partial charge in [0.15, 0.2) is 5.82 Å². The summed E-state index contributed by atoms with van der Waals surface area (Å²) in [4.78, 5) is 14.5. The number of carbonyl (C=O) groups is 1. The lowest BCUT2D eigenvalue weighted by Crippen LogP contribution is -2.29. The van der Waals surface area contributed by atoms with Gasteiger partial charge in [0.05, 0.1) is 6.54 Å². The molecule has 1 aromatic carbocycles. The third-order valence-corrected chi connectivity index (χ3v) is 5.14. The minimum atomic E-state index is 0.127. The normalized spacial score (nSPS) is 22.0. The lowest BCUT2D eigenvalue weighted by atomic mass is 10.0. The summed E-state index contributed by atoms with van der Waals surface area (Å²) in [5.41, 5.74) is 2.60. The van der Waals surface area contributed by atoms with Gasteiger partial charge >= 0.3 is 0 Å². The van der Waals surface area contributed by atoms with E-state index in [4.69, 9.17) is 0 Å². The molecule has 1 amide bonds. The van der Waals surface area contributed by atoms with Crippen molar-refractivity contribution in [2.45, 2.75) is 45.2 Å². The van der Waals surface area contributed by atoms with Gasteiger partial charge in [0, 0.05) is 25.9 Å². The van der Waals surface area contributed by atoms with Gasteiger partial charge in [-0.05, 0) is 36.8 Å². The van der Waals surface area contributed by atoms with Crippen molar-refractivity contribution in [2.24, 2.45) is 5.92 Å². The molecule has 0 N–H and O–H groups in total. The van der Waals surface area contributed by atoms with Crippen molar-refractivity contribution in [3.05, 3.63) is 47.0 Å². The van der Waals surface area contributed by atoms with Crippen molar-refractivity contribution >= 4 is 5.91 Å². The molecule has 5 nitrogen and oxygen atoms in total. The number of hydrogen-bond donors (Lipinski definition) is 0. The molecule has 2 aliphatic rings. The Bertz CT molecular complexity index is 751. The lowest BCUT2D eigenvalue weighted by Gasteiger charge is -2.17. The van der Waals surface area contributed by atoms with Gasteiger partial charge in [-0.15, -0.1) is 10.2 Å². The fourth-order valence-electron chi connectivity index (χ4n) is 3.72. The van der Waals surface area contributed by atoms with Crippen LogP contribution in [0, 0.1) is 12.8 Å². The predicted molar refractivity (Wildman–Crippen MR) is 86.8 cm³/mol. The van der Waals surface area contributed by atoms with Gasteiger partial charge < -0.3 is 9.47 Å². The Morgan fingerprint density at radius 2 is 2.17 bits per heavy atom. The lowest BCUT2D eigenvalue weighted by molar-refractivity contribution is -0.132. The van der Waals surface area contributed by atoms with E-state index >= 15 is 0 Å². The number of carbonyl (C=O) groups excluding carboxylic acids is 1. The number of rotatable bonds is 4. The molecule has 1 aliphatic carbocycles. The molecular formula is C18H22N4O. The van der Waals surface area contributed by atoms with E-state index in [1.807, 2.05) is 11.9 Å². The first-order valence-corrected chi connectivity index (χ1v) is 8.36. The second kappa shape index (κ2) is 5.48. The highest BCUT2D eigenvalue weighted by Crippen LogP contribution is 2.49. The van der Waals surface area contributed by atoms with E-state index in [0.29, 0.717) is 12.5 Å². The Hall–Kier alpha value is -2.17. The number of fused-ring (bicyclic) bond motifs is 1. The maximum atomic E-state index is 12.7. The Morgan fingerprint density at radius 1 is 1.35 bits per heavy atom. The number of nitrogens with zero attached hydrogens (tertiary/aromatic N) is 4. The van der Waals surface area contributed by atoms with Crippen LogP contribution in [0.1, 0.15) is 41.5 Å². The quantitative estimate of drug-likeness (QED) is 0.870. The van der Waals surface area contributed by atoms with Crippen LogP contribution >= 0.6 is 0 Å². The predicted octanol–water partition coefficient (Wildman–Crippen LogP) is 2.29. The zero-order valence-corrected chi connectivity index (χ0v) is 13.7. The maximum Gasteiger partial charge on any atom is 0.226 e. The van der Waals surface area contributed by atoms with Gasteiger partial charge in [-0.1, -0.05) is 24.3 Å². The van der Waals surface area contributed by atoms with Crippen LogP contribution in [-0.4, -0.2) is 32.6 Å². The van der Waals surface area contributed by atoms with Crippen molar-refractivity contribution in [3.63, 3.8) is 0 Å². The molecule has 1 fully saturated rings. The molecule has 2 heterocycles. The summed E-state index contributed by atoms with van der Waals surface area (Å²) in [6, 6.07) is 8.39. The Labute approximate surface area is 136 Å². The molecule has 2 atom stereocenters. The standard InChI is InChI=1S/C18H22N4O/c1-12-6-3-4-7-13(12)14-10-15(14)18(23)21(2)11-17-20-19-16-8-5-9-22(16)17/h3-4,6-7,14-15H,5,8-11H2,1-2H3/t14-,15-/m1/s1. The van der Waals surface area contributed by atoms with Crippen LogP contribution in [0.25, 0.3) is 0 Å². The van der Waals surface area contributed by atoms with Crippen LogP contribution in [0.3, 0.4) is 0 Å². The minimum absolute atomic E-state index is 0.127. The second-order valence-corrected chi connectivity index (χ2v) is 6.79. The molecular weight excluding hydrogens is 288 g/mol. The molecule has 0 unspecified atom stereocenters. The van der Waals surface area contributed by atoms with Crippen LogP contribution in [0.5, 0.6) is 0 Å². The minimum Gasteiger partial charge on any atom is -0.338 e. The molecule has 2 aromatic rings. The smallest absolute Gasteiger partial charge is 0.226 e. The topological polar surface area (TPSA) is 51.0 Å². The zero-order valence-electron chi connectivity index (χ0n) is 13.7. The fourth-order valence-corrected chi connectivity index (χ4v) is 3.72. The summed E-state index contributed by atoms with van der Waals surface area (Å²) in [5.74, 6) is 2.72. The van der Waals surface area contributed by atoms with Crippen LogP contribution < -0.4 is 0 Å². The summed E-state index contributed by atoms with van der Waals surface area (Å²) in [5, 5.41) is 8.47. The van der Waals surface area contributed by atoms with Crippen LogP contribution in [0.4, 0.5) is 0 Å². The Morgan fingerprint density at radius 3 is 3.00 bits per heavy atom. The molecule has 0 spiro atoms. The molecule has 4 rings (SSSR count). The number of amides is 1. The van der Waals surface area contributed by atoms with Crippen molar-refractivity contribution < 1.29 is 4.79 Å². The van der Waals surface area contributed by atoms with Gasteiger partial charge in [0.25, 0.3) is 0 Å². The summed E-state index contributed by atoms with van der Waals surface area (Å²) in [6.07, 6.45) is 3.10. The molecule has 0 saturated heterocycles. The first-order chi connectivity index (χ1) is 11.1. The number of hydrogen-bond acceptors (Lipinski definition) is 3. The zero-order chi connectivity index (χ0) is 16.0. The first-order valence-electron chi connectivity index (χ1n) is 8.36. The maximum absolute atomic E-state index is 12.7. The average molecular weight is 310 g/mol. The van der Waals surface area contributed by atoms with Gasteiger partial charge in [-0.3, -0.25) is 4.79 Å². The SMILES string of the molecule is Cc1ccccc1[C@H]1C[C@H]1C(=O)N(C)Cc1nnc2n1CCC2. The highest BCUT2D eigenvalue weighted by atomic mass is 16.2. The highest BCUT2D eigenvalue weighted by Gasteiger charge is 2.45. The van der Waals surface area contributed by atoms with Crippen LogP contribution in [-0.2, 0) is 24.3 Å². The molecule has 0 bridgehead atoms. The van der Waals surface area contributed by atoms with Gasteiger partial charge in [0.2, 0.25) is 5.91 Å². The van der Waals surface area contributed by atoms with E-state index < -0.39 is 0 Å². The largest absolute Gasteiger partial charge is 0.338 e. The van der Waals surface area contributed by atoms with E-state index in [-0.39, 0.29) is 11.8 Å². The van der Waals surface area contributed by atoms with Gasteiger partial charge in [0.1, 0.15) is 5.82 Å². The average Bonchev–Trinajstić information content (AvgIpc) is 3.03. The van der Waals surface area contributed by atoms with Gasteiger partial charge in [-0.25, -0.2) is 0 Å². The number of benzene rings is 1. The summed E-state index contributed by atoms with van der Waals surface area (Å²) in [7, 11) is 1.88. The third-order valence-electron chi connectivity index (χ3n) is 5.14. The van der Waals surface area contributed by atoms with E-state index in [9.17, 15) is 4.79 Å². The van der Waals surface area contributed by atoms with Crippen molar-refractivity contribution in [1.29, 1.82) is 0 Å². The molecule has 5 heteroatoms. The number of aryl methyl sites for hydroxylation is 2. The van der Waals surface area contributed by atoms with E-state index in [0.717, 1.165) is 37.5 Å². The molecule has 1 aliphatic heterocycles. The Kier molecular flexibility index (Phi) is 3.43. The van der Waals surface area contributed by atoms with E-state index in [1.54, 1.807) is 0 Å². The molecule has 23 heavy (non-hydrogen) atoms. The fraction of sp³-hybridized carbons (Fsp3) is 0.500. The number of aromatic nitrogens is 3. The van der Waals surface area contributed by atoms with Crippen LogP contribution in [0.2, 0.25) is 0 Å². The van der Waals surface area contributed by atoms with Crippen LogP contribution in [0.15, 0.2) is 24.3 Å². The van der Waals surface area contributed by atoms with Gasteiger partial charge in [-0.2, -0.15) is 0 Å². The molecule has 1 saturated carbocycles. The third kappa shape index (κ3) is 2.54. The summed E-state index contributed by atoms with van der Waals surface area (Å²) < 4.78 is 2.16. The van der Waals surface area contributed by atoms with E-state index in [2.05, 4.69) is 46.0 Å².